The first kappa shape index (κ1) is 12.3. The van der Waals surface area contributed by atoms with Crippen molar-refractivity contribution in [3.8, 4) is 0 Å². The van der Waals surface area contributed by atoms with Crippen LogP contribution in [0.1, 0.15) is 0 Å². The van der Waals surface area contributed by atoms with E-state index in [1.165, 1.54) is 12.1 Å². The van der Waals surface area contributed by atoms with Gasteiger partial charge in [0, 0.05) is 5.69 Å². The van der Waals surface area contributed by atoms with Crippen LogP contribution in [0, 0.1) is 0 Å². The third kappa shape index (κ3) is 3.77. The van der Waals surface area contributed by atoms with Gasteiger partial charge < -0.3 is 9.84 Å². The Hall–Kier alpha value is -1.76. The second kappa shape index (κ2) is 4.84. The van der Waals surface area contributed by atoms with Gasteiger partial charge in [-0.15, -0.1) is 0 Å². The minimum atomic E-state index is -4.99. The molecule has 4 nitrogen and oxygen atoms in total. The molecule has 2 N–H and O–H groups in total. The molecule has 0 spiro atoms. The number of alkyl halides is 3. The predicted molar refractivity (Wildman–Crippen MR) is 48.6 cm³/mol. The highest BCUT2D eigenvalue weighted by atomic mass is 19.4. The van der Waals surface area contributed by atoms with Crippen molar-refractivity contribution in [2.24, 2.45) is 0 Å². The van der Waals surface area contributed by atoms with E-state index in [0.717, 1.165) is 0 Å². The van der Waals surface area contributed by atoms with Crippen molar-refractivity contribution in [1.29, 1.82) is 0 Å². The normalized spacial score (nSPS) is 13.0. The number of carbonyl (C=O) groups excluding carboxylic acids is 1. The van der Waals surface area contributed by atoms with Crippen LogP contribution in [0.25, 0.3) is 0 Å². The molecule has 1 rings (SSSR count). The minimum absolute atomic E-state index is 0.266. The molecule has 0 saturated heterocycles. The van der Waals surface area contributed by atoms with Crippen molar-refractivity contribution in [3.63, 3.8) is 0 Å². The Labute approximate surface area is 88.6 Å². The summed E-state index contributed by atoms with van der Waals surface area (Å²) in [4.78, 5) is 10.9. The zero-order chi connectivity index (χ0) is 12.2. The number of hydrogen-bond acceptors (Lipinski definition) is 3. The first-order chi connectivity index (χ1) is 7.39. The number of rotatable bonds is 2. The van der Waals surface area contributed by atoms with E-state index in [4.69, 9.17) is 5.11 Å². The molecule has 0 aromatic heterocycles. The second-order valence-corrected chi connectivity index (χ2v) is 2.79. The largest absolute Gasteiger partial charge is 0.452 e. The van der Waals surface area contributed by atoms with Crippen molar-refractivity contribution in [2.45, 2.75) is 12.5 Å². The van der Waals surface area contributed by atoms with Gasteiger partial charge in [-0.05, 0) is 12.1 Å². The maximum Gasteiger partial charge on any atom is 0.452 e. The third-order valence-electron chi connectivity index (χ3n) is 1.52. The highest BCUT2D eigenvalue weighted by Gasteiger charge is 2.41. The molecule has 88 valence electrons. The Morgan fingerprint density at radius 2 is 1.88 bits per heavy atom. The number of anilines is 1. The molecule has 0 radical (unpaired) electrons. The van der Waals surface area contributed by atoms with Crippen LogP contribution in [0.5, 0.6) is 0 Å². The average Bonchev–Trinajstić information content (AvgIpc) is 2.17. The van der Waals surface area contributed by atoms with E-state index in [1.54, 1.807) is 18.2 Å². The molecule has 0 aliphatic heterocycles. The smallest absolute Gasteiger partial charge is 0.409 e. The van der Waals surface area contributed by atoms with Crippen LogP contribution in [0.2, 0.25) is 0 Å². The van der Waals surface area contributed by atoms with Crippen LogP contribution in [-0.4, -0.2) is 23.7 Å². The molecule has 0 bridgehead atoms. The Kier molecular flexibility index (Phi) is 3.73. The number of nitrogens with one attached hydrogen (secondary N) is 1. The Balaban J connectivity index is 2.49. The van der Waals surface area contributed by atoms with Crippen molar-refractivity contribution in [1.82, 2.24) is 0 Å². The molecule has 1 aromatic rings. The molecule has 1 amide bonds. The highest BCUT2D eigenvalue weighted by Crippen LogP contribution is 2.21. The fraction of sp³-hybridized carbons (Fsp3) is 0.222. The second-order valence-electron chi connectivity index (χ2n) is 2.79. The van der Waals surface area contributed by atoms with Gasteiger partial charge in [-0.3, -0.25) is 5.32 Å². The monoisotopic (exact) mass is 235 g/mol. The third-order valence-corrected chi connectivity index (χ3v) is 1.52. The lowest BCUT2D eigenvalue weighted by atomic mass is 10.3. The lowest BCUT2D eigenvalue weighted by Crippen LogP contribution is -2.34. The SMILES string of the molecule is O=C(Nc1ccccc1)OC(O)C(F)(F)F. The topological polar surface area (TPSA) is 58.6 Å². The molecule has 0 fully saturated rings. The number of aliphatic hydroxyl groups is 1. The van der Waals surface area contributed by atoms with E-state index in [0.29, 0.717) is 0 Å². The molecule has 0 heterocycles. The fourth-order valence-corrected chi connectivity index (χ4v) is 0.837. The number of amides is 1. The zero-order valence-electron chi connectivity index (χ0n) is 7.86. The quantitative estimate of drug-likeness (QED) is 0.772. The summed E-state index contributed by atoms with van der Waals surface area (Å²) >= 11 is 0. The number of aliphatic hydroxyl groups excluding tert-OH is 1. The standard InChI is InChI=1S/C9H8F3NO3/c10-9(11,12)7(14)16-8(15)13-6-4-2-1-3-5-6/h1-5,7,14H,(H,13,15). The summed E-state index contributed by atoms with van der Waals surface area (Å²) in [6, 6.07) is 7.75. The molecule has 7 heteroatoms. The molecule has 16 heavy (non-hydrogen) atoms. The number of benzene rings is 1. The van der Waals surface area contributed by atoms with Gasteiger partial charge in [0.2, 0.25) is 0 Å². The van der Waals surface area contributed by atoms with Gasteiger partial charge in [-0.2, -0.15) is 13.2 Å². The van der Waals surface area contributed by atoms with Crippen LogP contribution in [-0.2, 0) is 4.74 Å². The molecule has 1 unspecified atom stereocenters. The maximum atomic E-state index is 11.8. The Morgan fingerprint density at radius 3 is 2.38 bits per heavy atom. The fourth-order valence-electron chi connectivity index (χ4n) is 0.837. The summed E-state index contributed by atoms with van der Waals surface area (Å²) in [5.41, 5.74) is 0.266. The van der Waals surface area contributed by atoms with Crippen LogP contribution < -0.4 is 5.32 Å². The summed E-state index contributed by atoms with van der Waals surface area (Å²) in [6.07, 6.45) is -9.50. The molecular formula is C9H8F3NO3. The van der Waals surface area contributed by atoms with E-state index in [2.05, 4.69) is 4.74 Å². The maximum absolute atomic E-state index is 11.8. The van der Waals surface area contributed by atoms with Gasteiger partial charge in [0.05, 0.1) is 0 Å². The summed E-state index contributed by atoms with van der Waals surface area (Å²) in [5, 5.41) is 10.4. The lowest BCUT2D eigenvalue weighted by molar-refractivity contribution is -0.272. The number of hydrogen-bond donors (Lipinski definition) is 2. The van der Waals surface area contributed by atoms with Gasteiger partial charge in [-0.25, -0.2) is 4.79 Å². The van der Waals surface area contributed by atoms with Crippen LogP contribution >= 0.6 is 0 Å². The Morgan fingerprint density at radius 1 is 1.31 bits per heavy atom. The van der Waals surface area contributed by atoms with Crippen LogP contribution in [0.15, 0.2) is 30.3 Å². The van der Waals surface area contributed by atoms with Gasteiger partial charge in [0.1, 0.15) is 0 Å². The van der Waals surface area contributed by atoms with Crippen LogP contribution in [0.4, 0.5) is 23.7 Å². The molecule has 0 saturated carbocycles. The average molecular weight is 235 g/mol. The predicted octanol–water partition coefficient (Wildman–Crippen LogP) is 2.12. The van der Waals surface area contributed by atoms with Crippen molar-refractivity contribution >= 4 is 11.8 Å². The lowest BCUT2D eigenvalue weighted by Gasteiger charge is -2.15. The van der Waals surface area contributed by atoms with Crippen molar-refractivity contribution < 1.29 is 27.8 Å². The molecule has 0 aliphatic carbocycles. The summed E-state index contributed by atoms with van der Waals surface area (Å²) < 4.78 is 39.1. The van der Waals surface area contributed by atoms with Crippen molar-refractivity contribution in [2.75, 3.05) is 5.32 Å². The van der Waals surface area contributed by atoms with E-state index in [1.807, 2.05) is 5.32 Å². The first-order valence-corrected chi connectivity index (χ1v) is 4.17. The van der Waals surface area contributed by atoms with Gasteiger partial charge in [-0.1, -0.05) is 18.2 Å². The molecular weight excluding hydrogens is 227 g/mol. The molecule has 0 aliphatic rings. The van der Waals surface area contributed by atoms with Crippen molar-refractivity contribution in [3.05, 3.63) is 30.3 Å². The number of ether oxygens (including phenoxy) is 1. The number of carbonyl (C=O) groups is 1. The zero-order valence-corrected chi connectivity index (χ0v) is 7.86. The molecule has 1 aromatic carbocycles. The summed E-state index contributed by atoms with van der Waals surface area (Å²) in [7, 11) is 0. The van der Waals surface area contributed by atoms with Gasteiger partial charge in [0.25, 0.3) is 6.29 Å². The van der Waals surface area contributed by atoms with Gasteiger partial charge >= 0.3 is 12.3 Å². The van der Waals surface area contributed by atoms with E-state index < -0.39 is 18.6 Å². The molecule has 1 atom stereocenters. The van der Waals surface area contributed by atoms with Crippen LogP contribution in [0.3, 0.4) is 0 Å². The van der Waals surface area contributed by atoms with E-state index in [-0.39, 0.29) is 5.69 Å². The van der Waals surface area contributed by atoms with Gasteiger partial charge in [0.15, 0.2) is 0 Å². The van der Waals surface area contributed by atoms with E-state index in [9.17, 15) is 18.0 Å². The summed E-state index contributed by atoms with van der Waals surface area (Å²) in [6.45, 7) is 0. The minimum Gasteiger partial charge on any atom is -0.409 e. The first-order valence-electron chi connectivity index (χ1n) is 4.17. The van der Waals surface area contributed by atoms with E-state index >= 15 is 0 Å². The highest BCUT2D eigenvalue weighted by molar-refractivity contribution is 5.84. The number of para-hydroxylation sites is 1. The Bertz CT molecular complexity index is 353. The number of halogens is 3. The summed E-state index contributed by atoms with van der Waals surface area (Å²) in [5.74, 6) is 0.